The van der Waals surface area contributed by atoms with Gasteiger partial charge in [-0.25, -0.2) is 4.98 Å². The molecule has 0 amide bonds. The molecule has 0 unspecified atom stereocenters. The fourth-order valence-corrected chi connectivity index (χ4v) is 3.91. The molecule has 4 rings (SSSR count). The molecule has 3 aromatic rings. The molecular weight excluding hydrogens is 338 g/mol. The van der Waals surface area contributed by atoms with Gasteiger partial charge in [-0.1, -0.05) is 24.3 Å². The van der Waals surface area contributed by atoms with Crippen LogP contribution in [0.5, 0.6) is 5.75 Å². The summed E-state index contributed by atoms with van der Waals surface area (Å²) in [5.41, 5.74) is 3.84. The molecule has 1 aromatic heterocycles. The highest BCUT2D eigenvalue weighted by molar-refractivity contribution is 5.73. The predicted octanol–water partition coefficient (Wildman–Crippen LogP) is 3.64. The van der Waals surface area contributed by atoms with Gasteiger partial charge < -0.3 is 10.2 Å². The number of benzene rings is 2. The van der Waals surface area contributed by atoms with Gasteiger partial charge in [0.25, 0.3) is 0 Å². The van der Waals surface area contributed by atoms with Crippen LogP contribution in [0, 0.1) is 0 Å². The van der Waals surface area contributed by atoms with Crippen molar-refractivity contribution < 1.29 is 10.2 Å². The topological polar surface area (TPSA) is 69.5 Å². The number of hydrogen-bond acceptors (Lipinski definition) is 5. The molecule has 1 aliphatic rings. The molecule has 1 fully saturated rings. The molecule has 0 bridgehead atoms. The Morgan fingerprint density at radius 3 is 2.48 bits per heavy atom. The Morgan fingerprint density at radius 2 is 1.70 bits per heavy atom. The van der Waals surface area contributed by atoms with Crippen LogP contribution in [0.2, 0.25) is 0 Å². The van der Waals surface area contributed by atoms with E-state index in [1.807, 2.05) is 48.7 Å². The van der Waals surface area contributed by atoms with Crippen molar-refractivity contribution in [2.24, 2.45) is 0 Å². The summed E-state index contributed by atoms with van der Waals surface area (Å²) >= 11 is 0. The summed E-state index contributed by atoms with van der Waals surface area (Å²) < 4.78 is 0. The number of hydrogen-bond donors (Lipinski definition) is 2. The first-order chi connectivity index (χ1) is 13.2. The van der Waals surface area contributed by atoms with Crippen LogP contribution >= 0.6 is 0 Å². The van der Waals surface area contributed by atoms with Gasteiger partial charge in [0.15, 0.2) is 0 Å². The van der Waals surface area contributed by atoms with Crippen LogP contribution < -0.4 is 0 Å². The monoisotopic (exact) mass is 363 g/mol. The molecule has 2 N–H and O–H groups in total. The van der Waals surface area contributed by atoms with Gasteiger partial charge in [-0.15, -0.1) is 0 Å². The van der Waals surface area contributed by atoms with E-state index in [0.717, 1.165) is 54.5 Å². The van der Waals surface area contributed by atoms with Crippen molar-refractivity contribution in [1.82, 2.24) is 14.9 Å². The van der Waals surface area contributed by atoms with Gasteiger partial charge in [0.2, 0.25) is 0 Å². The van der Waals surface area contributed by atoms with Crippen molar-refractivity contribution in [3.63, 3.8) is 0 Å². The number of phenols is 1. The number of nitrogens with zero attached hydrogens (tertiary/aromatic N) is 3. The Kier molecular flexibility index (Phi) is 5.32. The van der Waals surface area contributed by atoms with Gasteiger partial charge in [0.1, 0.15) is 5.75 Å². The van der Waals surface area contributed by atoms with Gasteiger partial charge in [-0.2, -0.15) is 0 Å². The van der Waals surface area contributed by atoms with Crippen LogP contribution in [0.4, 0.5) is 0 Å². The molecule has 5 nitrogen and oxygen atoms in total. The number of fused-ring (bicyclic) bond motifs is 1. The number of rotatable bonds is 5. The number of aliphatic hydroxyl groups excluding tert-OH is 1. The van der Waals surface area contributed by atoms with Crippen LogP contribution in [0.3, 0.4) is 0 Å². The maximum Gasteiger partial charge on any atom is 0.115 e. The Morgan fingerprint density at radius 1 is 0.926 bits per heavy atom. The normalized spacial score (nSPS) is 20.2. The highest BCUT2D eigenvalue weighted by Gasteiger charge is 2.25. The predicted molar refractivity (Wildman–Crippen MR) is 105 cm³/mol. The summed E-state index contributed by atoms with van der Waals surface area (Å²) in [6.07, 6.45) is 5.30. The Balaban J connectivity index is 1.57. The summed E-state index contributed by atoms with van der Waals surface area (Å²) in [5.74, 6) is 0.289. The van der Waals surface area contributed by atoms with Crippen molar-refractivity contribution >= 4 is 11.0 Å². The molecule has 1 heterocycles. The van der Waals surface area contributed by atoms with E-state index in [2.05, 4.69) is 9.88 Å². The van der Waals surface area contributed by atoms with Gasteiger partial charge in [-0.3, -0.25) is 9.88 Å². The second kappa shape index (κ2) is 8.03. The third-order valence-corrected chi connectivity index (χ3v) is 5.34. The quantitative estimate of drug-likeness (QED) is 0.724. The number of phenolic OH excluding ortho intramolecular Hbond substituents is 1. The smallest absolute Gasteiger partial charge is 0.115 e. The molecule has 0 atom stereocenters. The summed E-state index contributed by atoms with van der Waals surface area (Å²) in [6, 6.07) is 15.7. The largest absolute Gasteiger partial charge is 0.508 e. The van der Waals surface area contributed by atoms with Gasteiger partial charge >= 0.3 is 0 Å². The molecule has 5 heteroatoms. The fourth-order valence-electron chi connectivity index (χ4n) is 3.91. The van der Waals surface area contributed by atoms with Crippen LogP contribution in [0.25, 0.3) is 11.0 Å². The summed E-state index contributed by atoms with van der Waals surface area (Å²) in [5, 5.41) is 19.7. The molecule has 1 saturated carbocycles. The first kappa shape index (κ1) is 17.9. The molecule has 1 aliphatic carbocycles. The second-order valence-electron chi connectivity index (χ2n) is 7.39. The van der Waals surface area contributed by atoms with Crippen LogP contribution in [-0.2, 0) is 13.1 Å². The van der Waals surface area contributed by atoms with Gasteiger partial charge in [-0.05, 0) is 55.5 Å². The SMILES string of the molecule is Oc1cccc(CN(Cc2cnc3ccccc3n2)C2CCC(O)CC2)c1. The first-order valence-electron chi connectivity index (χ1n) is 9.58. The zero-order valence-electron chi connectivity index (χ0n) is 15.3. The third kappa shape index (κ3) is 4.43. The molecular formula is C22H25N3O2. The van der Waals surface area contributed by atoms with E-state index in [0.29, 0.717) is 12.6 Å². The molecule has 2 aromatic carbocycles. The van der Waals surface area contributed by atoms with Crippen molar-refractivity contribution in [3.8, 4) is 5.75 Å². The maximum absolute atomic E-state index is 9.87. The minimum absolute atomic E-state index is 0.177. The number of aromatic nitrogens is 2. The zero-order valence-corrected chi connectivity index (χ0v) is 15.3. The maximum atomic E-state index is 9.87. The standard InChI is InChI=1S/C22H25N3O2/c26-19-10-8-18(9-11-19)25(14-16-4-3-5-20(27)12-16)15-17-13-23-21-6-1-2-7-22(21)24-17/h1-7,12-13,18-19,26-27H,8-11,14-15H2. The first-order valence-corrected chi connectivity index (χ1v) is 9.58. The lowest BCUT2D eigenvalue weighted by molar-refractivity contribution is 0.0660. The van der Waals surface area contributed by atoms with Crippen LogP contribution in [0.15, 0.2) is 54.7 Å². The van der Waals surface area contributed by atoms with Crippen molar-refractivity contribution in [2.45, 2.75) is 50.9 Å². The molecule has 27 heavy (non-hydrogen) atoms. The Hall–Kier alpha value is -2.50. The molecule has 0 aliphatic heterocycles. The van der Waals surface area contributed by atoms with E-state index in [9.17, 15) is 10.2 Å². The summed E-state index contributed by atoms with van der Waals surface area (Å²) in [6.45, 7) is 1.44. The molecule has 0 spiro atoms. The lowest BCUT2D eigenvalue weighted by Gasteiger charge is -2.35. The highest BCUT2D eigenvalue weighted by Crippen LogP contribution is 2.26. The van der Waals surface area contributed by atoms with Crippen molar-refractivity contribution in [2.75, 3.05) is 0 Å². The molecule has 0 saturated heterocycles. The lowest BCUT2D eigenvalue weighted by Crippen LogP contribution is -2.38. The Labute approximate surface area is 159 Å². The number of aromatic hydroxyl groups is 1. The van der Waals surface area contributed by atoms with Crippen molar-refractivity contribution in [3.05, 3.63) is 66.0 Å². The summed E-state index contributed by atoms with van der Waals surface area (Å²) in [4.78, 5) is 11.7. The van der Waals surface area contributed by atoms with Gasteiger partial charge in [0.05, 0.1) is 29.0 Å². The van der Waals surface area contributed by atoms with E-state index in [4.69, 9.17) is 4.98 Å². The Bertz CT molecular complexity index is 907. The number of para-hydroxylation sites is 2. The van der Waals surface area contributed by atoms with Crippen molar-refractivity contribution in [1.29, 1.82) is 0 Å². The minimum Gasteiger partial charge on any atom is -0.508 e. The second-order valence-corrected chi connectivity index (χ2v) is 7.39. The summed E-state index contributed by atoms with van der Waals surface area (Å²) in [7, 11) is 0. The van der Waals surface area contributed by atoms with E-state index in [1.165, 1.54) is 0 Å². The highest BCUT2D eigenvalue weighted by atomic mass is 16.3. The molecule has 140 valence electrons. The van der Waals surface area contributed by atoms with Gasteiger partial charge in [0, 0.05) is 19.1 Å². The third-order valence-electron chi connectivity index (χ3n) is 5.34. The number of aliphatic hydroxyl groups is 1. The minimum atomic E-state index is -0.177. The van der Waals surface area contributed by atoms with Crippen LogP contribution in [-0.4, -0.2) is 37.2 Å². The average molecular weight is 363 g/mol. The van der Waals surface area contributed by atoms with E-state index in [1.54, 1.807) is 6.07 Å². The molecule has 0 radical (unpaired) electrons. The fraction of sp³-hybridized carbons (Fsp3) is 0.364. The van der Waals surface area contributed by atoms with E-state index < -0.39 is 0 Å². The van der Waals surface area contributed by atoms with Crippen LogP contribution in [0.1, 0.15) is 36.9 Å². The average Bonchev–Trinajstić information content (AvgIpc) is 2.68. The van der Waals surface area contributed by atoms with E-state index >= 15 is 0 Å². The lowest BCUT2D eigenvalue weighted by atomic mass is 9.91. The van der Waals surface area contributed by atoms with E-state index in [-0.39, 0.29) is 11.9 Å². The zero-order chi connectivity index (χ0) is 18.6.